The number of amides is 2. The topological polar surface area (TPSA) is 145 Å². The minimum Gasteiger partial charge on any atom is -0.464 e. The number of carbonyl (C=O) groups is 3. The van der Waals surface area contributed by atoms with Crippen molar-refractivity contribution in [2.75, 3.05) is 6.61 Å². The van der Waals surface area contributed by atoms with Crippen molar-refractivity contribution >= 4 is 49.8 Å². The number of carbonyl (C=O) groups excluding carboxylic acids is 3. The molecule has 2 aromatic carbocycles. The van der Waals surface area contributed by atoms with E-state index < -0.39 is 35.7 Å². The molecule has 320 valence electrons. The van der Waals surface area contributed by atoms with E-state index in [1.54, 1.807) is 45.6 Å². The highest BCUT2D eigenvalue weighted by Gasteiger charge is 2.30. The zero-order valence-corrected chi connectivity index (χ0v) is 38.4. The molecule has 2 amide bonds. The second-order valence-corrected chi connectivity index (χ2v) is 17.3. The molecular formula is C49H50Br2N6O5. The van der Waals surface area contributed by atoms with Gasteiger partial charge < -0.3 is 20.1 Å². The van der Waals surface area contributed by atoms with Gasteiger partial charge in [-0.05, 0) is 169 Å². The minimum atomic E-state index is -1.07. The van der Waals surface area contributed by atoms with Gasteiger partial charge in [-0.1, -0.05) is 37.6 Å². The standard InChI is InChI=1S/C49H50Br2N6O5/c1-5-6-27-61-47(59)43(22-20-33-30-36(40-17-9-13-25-54-40)45(51)37(31-33)41-18-10-14-26-55-41)56-46(58)42(57-48(60)62-49(2,3)4)21-19-32-28-34(38-15-7-11-23-52-38)44(50)35(29-32)39-16-8-12-24-53-39/h7-18,23-26,28-31,42-43H,5-6,19-22,27H2,1-4H3,(H,56,58)(H,57,60)/t42-,43-/m0/s1. The van der Waals surface area contributed by atoms with Gasteiger partial charge in [-0.15, -0.1) is 0 Å². The molecule has 0 saturated carbocycles. The number of aryl methyl sites for hydroxylation is 2. The summed E-state index contributed by atoms with van der Waals surface area (Å²) < 4.78 is 13.0. The van der Waals surface area contributed by atoms with E-state index in [4.69, 9.17) is 9.47 Å². The maximum absolute atomic E-state index is 14.4. The van der Waals surface area contributed by atoms with Crippen molar-refractivity contribution in [3.05, 3.63) is 142 Å². The lowest BCUT2D eigenvalue weighted by molar-refractivity contribution is -0.148. The van der Waals surface area contributed by atoms with Crippen LogP contribution in [-0.2, 0) is 31.9 Å². The Labute approximate surface area is 379 Å². The van der Waals surface area contributed by atoms with Gasteiger partial charge in [0.15, 0.2) is 0 Å². The van der Waals surface area contributed by atoms with E-state index in [0.717, 1.165) is 71.5 Å². The summed E-state index contributed by atoms with van der Waals surface area (Å²) in [6.45, 7) is 7.49. The van der Waals surface area contributed by atoms with Crippen LogP contribution in [0, 0.1) is 0 Å². The van der Waals surface area contributed by atoms with E-state index in [9.17, 15) is 14.4 Å². The van der Waals surface area contributed by atoms with Crippen LogP contribution in [0.4, 0.5) is 4.79 Å². The molecule has 11 nitrogen and oxygen atoms in total. The average Bonchev–Trinajstić information content (AvgIpc) is 3.27. The molecule has 6 rings (SSSR count). The molecule has 0 unspecified atom stereocenters. The Balaban J connectivity index is 1.30. The fourth-order valence-corrected chi connectivity index (χ4v) is 8.04. The number of unbranched alkanes of at least 4 members (excludes halogenated alkanes) is 1. The number of rotatable bonds is 17. The highest BCUT2D eigenvalue weighted by molar-refractivity contribution is 9.11. The number of alkyl carbamates (subject to hydrolysis) is 1. The molecule has 0 aliphatic heterocycles. The SMILES string of the molecule is CCCCOC(=O)[C@H](CCc1cc(-c2ccccn2)c(Br)c(-c2ccccn2)c1)NC(=O)[C@H](CCc1cc(-c2ccccn2)c(Br)c(-c2ccccn2)c1)NC(=O)OC(C)(C)C. The fraction of sp³-hybridized carbons (Fsp3) is 0.286. The molecule has 2 N–H and O–H groups in total. The summed E-state index contributed by atoms with van der Waals surface area (Å²) in [6.07, 6.45) is 8.88. The number of esters is 1. The lowest BCUT2D eigenvalue weighted by Gasteiger charge is -2.25. The Morgan fingerprint density at radius 2 is 1.02 bits per heavy atom. The first-order valence-electron chi connectivity index (χ1n) is 20.7. The van der Waals surface area contributed by atoms with Crippen molar-refractivity contribution in [2.24, 2.45) is 0 Å². The van der Waals surface area contributed by atoms with Crippen molar-refractivity contribution < 1.29 is 23.9 Å². The molecule has 6 aromatic rings. The number of halogens is 2. The van der Waals surface area contributed by atoms with Gasteiger partial charge in [0.25, 0.3) is 0 Å². The van der Waals surface area contributed by atoms with Crippen LogP contribution in [0.1, 0.15) is 64.5 Å². The van der Waals surface area contributed by atoms with E-state index in [-0.39, 0.29) is 19.4 Å². The number of nitrogens with one attached hydrogen (secondary N) is 2. The van der Waals surface area contributed by atoms with Gasteiger partial charge in [0.2, 0.25) is 5.91 Å². The van der Waals surface area contributed by atoms with E-state index >= 15 is 0 Å². The maximum atomic E-state index is 14.4. The van der Waals surface area contributed by atoms with Gasteiger partial charge in [-0.2, -0.15) is 0 Å². The number of hydrogen-bond acceptors (Lipinski definition) is 9. The van der Waals surface area contributed by atoms with Crippen molar-refractivity contribution in [1.29, 1.82) is 0 Å². The molecule has 62 heavy (non-hydrogen) atoms. The minimum absolute atomic E-state index is 0.182. The summed E-state index contributed by atoms with van der Waals surface area (Å²) in [5.41, 5.74) is 7.45. The van der Waals surface area contributed by atoms with Crippen LogP contribution in [0.25, 0.3) is 45.0 Å². The number of aromatic nitrogens is 4. The monoisotopic (exact) mass is 960 g/mol. The number of pyridine rings is 4. The molecule has 0 spiro atoms. The van der Waals surface area contributed by atoms with E-state index in [0.29, 0.717) is 19.3 Å². The van der Waals surface area contributed by atoms with Crippen LogP contribution >= 0.6 is 31.9 Å². The third-order valence-corrected chi connectivity index (χ3v) is 11.5. The molecule has 0 aliphatic rings. The first-order chi connectivity index (χ1) is 29.9. The van der Waals surface area contributed by atoms with Gasteiger partial charge in [0.05, 0.1) is 29.4 Å². The number of hydrogen-bond donors (Lipinski definition) is 2. The molecule has 0 aliphatic carbocycles. The first-order valence-corrected chi connectivity index (χ1v) is 22.3. The van der Waals surface area contributed by atoms with Gasteiger partial charge >= 0.3 is 12.1 Å². The summed E-state index contributed by atoms with van der Waals surface area (Å²) in [5, 5.41) is 5.76. The van der Waals surface area contributed by atoms with Gasteiger partial charge in [-0.3, -0.25) is 24.7 Å². The number of benzene rings is 2. The smallest absolute Gasteiger partial charge is 0.408 e. The van der Waals surface area contributed by atoms with Crippen molar-refractivity contribution in [3.63, 3.8) is 0 Å². The Bertz CT molecular complexity index is 2310. The first kappa shape index (κ1) is 45.7. The Kier molecular flexibility index (Phi) is 16.1. The van der Waals surface area contributed by atoms with E-state index in [2.05, 4.69) is 62.4 Å². The summed E-state index contributed by atoms with van der Waals surface area (Å²) >= 11 is 7.63. The largest absolute Gasteiger partial charge is 0.464 e. The molecule has 4 aromatic heterocycles. The molecule has 2 atom stereocenters. The Morgan fingerprint density at radius 3 is 1.37 bits per heavy atom. The van der Waals surface area contributed by atoms with Crippen LogP contribution in [0.3, 0.4) is 0 Å². The quantitative estimate of drug-likeness (QED) is 0.0674. The zero-order chi connectivity index (χ0) is 44.1. The predicted octanol–water partition coefficient (Wildman–Crippen LogP) is 10.7. The van der Waals surface area contributed by atoms with Crippen LogP contribution in [0.2, 0.25) is 0 Å². The van der Waals surface area contributed by atoms with Crippen molar-refractivity contribution in [1.82, 2.24) is 30.6 Å². The van der Waals surface area contributed by atoms with Crippen molar-refractivity contribution in [2.45, 2.75) is 83.9 Å². The predicted molar refractivity (Wildman–Crippen MR) is 249 cm³/mol. The second-order valence-electron chi connectivity index (χ2n) is 15.7. The average molecular weight is 963 g/mol. The molecule has 0 saturated heterocycles. The number of nitrogens with zero attached hydrogens (tertiary/aromatic N) is 4. The second kappa shape index (κ2) is 21.8. The third kappa shape index (κ3) is 12.6. The van der Waals surface area contributed by atoms with Crippen LogP contribution in [0.15, 0.2) is 131 Å². The summed E-state index contributed by atoms with van der Waals surface area (Å²) in [6, 6.07) is 28.9. The highest BCUT2D eigenvalue weighted by Crippen LogP contribution is 2.38. The van der Waals surface area contributed by atoms with Crippen molar-refractivity contribution in [3.8, 4) is 45.0 Å². The van der Waals surface area contributed by atoms with Crippen LogP contribution < -0.4 is 10.6 Å². The molecule has 0 fully saturated rings. The summed E-state index contributed by atoms with van der Waals surface area (Å²) in [4.78, 5) is 59.9. The number of ether oxygens (including phenoxy) is 2. The fourth-order valence-electron chi connectivity index (χ4n) is 6.77. The molecule has 0 bridgehead atoms. The van der Waals surface area contributed by atoms with E-state index in [1.807, 2.05) is 104 Å². The van der Waals surface area contributed by atoms with Crippen LogP contribution in [-0.4, -0.2) is 62.2 Å². The molecule has 13 heteroatoms. The van der Waals surface area contributed by atoms with Gasteiger partial charge in [0, 0.05) is 56.0 Å². The Hall–Kier alpha value is -5.79. The lowest BCUT2D eigenvalue weighted by Crippen LogP contribution is -2.53. The summed E-state index contributed by atoms with van der Waals surface area (Å²) in [7, 11) is 0. The highest BCUT2D eigenvalue weighted by atomic mass is 79.9. The maximum Gasteiger partial charge on any atom is 0.408 e. The summed E-state index contributed by atoms with van der Waals surface area (Å²) in [5.74, 6) is -1.10. The van der Waals surface area contributed by atoms with Crippen LogP contribution in [0.5, 0.6) is 0 Å². The third-order valence-electron chi connectivity index (χ3n) is 9.82. The van der Waals surface area contributed by atoms with E-state index in [1.165, 1.54) is 0 Å². The molecular weight excluding hydrogens is 912 g/mol. The lowest BCUT2D eigenvalue weighted by atomic mass is 9.96. The zero-order valence-electron chi connectivity index (χ0n) is 35.2. The van der Waals surface area contributed by atoms with Gasteiger partial charge in [-0.25, -0.2) is 9.59 Å². The van der Waals surface area contributed by atoms with Gasteiger partial charge in [0.1, 0.15) is 17.7 Å². The normalized spacial score (nSPS) is 12.2. The molecule has 0 radical (unpaired) electrons. The Morgan fingerprint density at radius 1 is 0.613 bits per heavy atom. The molecule has 4 heterocycles.